The Morgan fingerprint density at radius 2 is 2.33 bits per heavy atom. The summed E-state index contributed by atoms with van der Waals surface area (Å²) in [5.74, 6) is 0.661. The number of aromatic amines is 1. The van der Waals surface area contributed by atoms with Gasteiger partial charge < -0.3 is 4.98 Å². The number of aromatic nitrogens is 1. The molecule has 0 unspecified atom stereocenters. The number of H-pyrrole nitrogens is 1. The predicted octanol–water partition coefficient (Wildman–Crippen LogP) is 1.98. The number of aryl methyl sites for hydroxylation is 1. The van der Waals surface area contributed by atoms with E-state index in [4.69, 9.17) is 0 Å². The molecule has 3 nitrogen and oxygen atoms in total. The van der Waals surface area contributed by atoms with E-state index < -0.39 is 0 Å². The molecule has 0 saturated carbocycles. The highest BCUT2D eigenvalue weighted by Crippen LogP contribution is 2.07. The first-order chi connectivity index (χ1) is 7.09. The number of rotatable bonds is 3. The topological polar surface area (TPSA) is 49.9 Å². The third-order valence-corrected chi connectivity index (χ3v) is 2.62. The Morgan fingerprint density at radius 3 is 2.93 bits per heavy atom. The molecule has 1 rings (SSSR count). The van der Waals surface area contributed by atoms with Gasteiger partial charge in [-0.15, -0.1) is 0 Å². The second-order valence-electron chi connectivity index (χ2n) is 3.14. The molecule has 0 saturated heterocycles. The third-order valence-electron chi connectivity index (χ3n) is 1.85. The van der Waals surface area contributed by atoms with E-state index >= 15 is 0 Å². The zero-order chi connectivity index (χ0) is 11.3. The van der Waals surface area contributed by atoms with Crippen molar-refractivity contribution in [1.29, 1.82) is 0 Å². The lowest BCUT2D eigenvalue weighted by Crippen LogP contribution is -2.04. The van der Waals surface area contributed by atoms with Crippen LogP contribution in [0, 0.1) is 6.92 Å². The van der Waals surface area contributed by atoms with E-state index in [0.717, 1.165) is 11.1 Å². The van der Waals surface area contributed by atoms with Gasteiger partial charge in [0.05, 0.1) is 0 Å². The number of thioether (sulfide) groups is 1. The smallest absolute Gasteiger partial charge is 0.248 e. The van der Waals surface area contributed by atoms with Gasteiger partial charge in [-0.05, 0) is 18.1 Å². The van der Waals surface area contributed by atoms with Gasteiger partial charge in [0.25, 0.3) is 0 Å². The van der Waals surface area contributed by atoms with Crippen molar-refractivity contribution in [1.82, 2.24) is 4.98 Å². The van der Waals surface area contributed by atoms with E-state index in [-0.39, 0.29) is 10.7 Å². The standard InChI is InChI=1S/C11H13NO2S/c1-8-6-11(14)12-7-10(8)4-3-5-15-9(2)13/h3-4,6-7H,5H2,1-2H3,(H,12,14). The van der Waals surface area contributed by atoms with E-state index in [1.165, 1.54) is 11.8 Å². The Bertz CT molecular complexity index is 434. The lowest BCUT2D eigenvalue weighted by Gasteiger charge is -1.97. The van der Waals surface area contributed by atoms with Crippen molar-refractivity contribution in [3.05, 3.63) is 39.8 Å². The molecule has 0 spiro atoms. The lowest BCUT2D eigenvalue weighted by molar-refractivity contribution is -0.109. The van der Waals surface area contributed by atoms with Gasteiger partial charge in [-0.2, -0.15) is 0 Å². The minimum Gasteiger partial charge on any atom is -0.328 e. The minimum absolute atomic E-state index is 0.0947. The molecule has 0 atom stereocenters. The van der Waals surface area contributed by atoms with Crippen LogP contribution in [0.15, 0.2) is 23.1 Å². The quantitative estimate of drug-likeness (QED) is 0.852. The van der Waals surface area contributed by atoms with Crippen molar-refractivity contribution in [2.24, 2.45) is 0 Å². The Labute approximate surface area is 92.6 Å². The molecule has 0 amide bonds. The minimum atomic E-state index is -0.0947. The number of nitrogens with one attached hydrogen (secondary N) is 1. The summed E-state index contributed by atoms with van der Waals surface area (Å²) in [6.45, 7) is 3.43. The fourth-order valence-corrected chi connectivity index (χ4v) is 1.53. The molecule has 0 radical (unpaired) electrons. The van der Waals surface area contributed by atoms with Crippen molar-refractivity contribution in [3.8, 4) is 0 Å². The zero-order valence-electron chi connectivity index (χ0n) is 8.74. The van der Waals surface area contributed by atoms with Crippen LogP contribution in [0.1, 0.15) is 18.1 Å². The molecule has 80 valence electrons. The van der Waals surface area contributed by atoms with E-state index in [1.807, 2.05) is 19.1 Å². The van der Waals surface area contributed by atoms with Crippen molar-refractivity contribution in [2.45, 2.75) is 13.8 Å². The molecule has 0 aliphatic rings. The van der Waals surface area contributed by atoms with Gasteiger partial charge in [-0.1, -0.05) is 23.9 Å². The van der Waals surface area contributed by atoms with Crippen LogP contribution >= 0.6 is 11.8 Å². The highest BCUT2D eigenvalue weighted by molar-refractivity contribution is 8.13. The van der Waals surface area contributed by atoms with Gasteiger partial charge in [0.2, 0.25) is 5.56 Å². The first-order valence-corrected chi connectivity index (χ1v) is 5.57. The Kier molecular flexibility index (Phi) is 4.37. The highest BCUT2D eigenvalue weighted by Gasteiger charge is 1.94. The molecular weight excluding hydrogens is 210 g/mol. The van der Waals surface area contributed by atoms with Crippen LogP contribution in [0.5, 0.6) is 0 Å². The van der Waals surface area contributed by atoms with Crippen molar-refractivity contribution < 1.29 is 4.79 Å². The van der Waals surface area contributed by atoms with Gasteiger partial charge in [0.1, 0.15) is 0 Å². The second kappa shape index (κ2) is 5.56. The fraction of sp³-hybridized carbons (Fsp3) is 0.273. The fourth-order valence-electron chi connectivity index (χ4n) is 1.10. The van der Waals surface area contributed by atoms with Gasteiger partial charge in [0.15, 0.2) is 5.12 Å². The van der Waals surface area contributed by atoms with Gasteiger partial charge in [-0.25, -0.2) is 0 Å². The number of hydrogen-bond acceptors (Lipinski definition) is 3. The van der Waals surface area contributed by atoms with E-state index in [0.29, 0.717) is 5.75 Å². The number of hydrogen-bond donors (Lipinski definition) is 1. The number of carbonyl (C=O) groups excluding carboxylic acids is 1. The van der Waals surface area contributed by atoms with Crippen LogP contribution in [0.3, 0.4) is 0 Å². The molecule has 1 heterocycles. The Hall–Kier alpha value is -1.29. The molecule has 1 aromatic rings. The molecule has 0 aliphatic carbocycles. The summed E-state index contributed by atoms with van der Waals surface area (Å²) in [7, 11) is 0. The monoisotopic (exact) mass is 223 g/mol. The molecule has 0 bridgehead atoms. The molecular formula is C11H13NO2S. The van der Waals surface area contributed by atoms with Crippen LogP contribution in [0.2, 0.25) is 0 Å². The Morgan fingerprint density at radius 1 is 1.60 bits per heavy atom. The van der Waals surface area contributed by atoms with E-state index in [9.17, 15) is 9.59 Å². The summed E-state index contributed by atoms with van der Waals surface area (Å²) < 4.78 is 0. The predicted molar refractivity (Wildman–Crippen MR) is 64.0 cm³/mol. The number of carbonyl (C=O) groups is 1. The first-order valence-electron chi connectivity index (χ1n) is 4.59. The van der Waals surface area contributed by atoms with Crippen LogP contribution in [-0.4, -0.2) is 15.9 Å². The average Bonchev–Trinajstić information content (AvgIpc) is 2.14. The molecule has 1 aromatic heterocycles. The molecule has 4 heteroatoms. The van der Waals surface area contributed by atoms with Gasteiger partial charge in [-0.3, -0.25) is 9.59 Å². The van der Waals surface area contributed by atoms with Gasteiger partial charge >= 0.3 is 0 Å². The molecule has 0 aliphatic heterocycles. The summed E-state index contributed by atoms with van der Waals surface area (Å²) >= 11 is 1.26. The van der Waals surface area contributed by atoms with Crippen LogP contribution < -0.4 is 5.56 Å². The summed E-state index contributed by atoms with van der Waals surface area (Å²) in [5.41, 5.74) is 1.81. The lowest BCUT2D eigenvalue weighted by atomic mass is 10.1. The van der Waals surface area contributed by atoms with E-state index in [2.05, 4.69) is 4.98 Å². The molecule has 0 fully saturated rings. The summed E-state index contributed by atoms with van der Waals surface area (Å²) in [6, 6.07) is 1.55. The van der Waals surface area contributed by atoms with Gasteiger partial charge in [0, 0.05) is 24.9 Å². The SMILES string of the molecule is CC(=O)SCC=Cc1c[nH]c(=O)cc1C. The van der Waals surface area contributed by atoms with E-state index in [1.54, 1.807) is 19.2 Å². The maximum atomic E-state index is 10.9. The molecule has 1 N–H and O–H groups in total. The Balaban J connectivity index is 2.64. The van der Waals surface area contributed by atoms with Crippen molar-refractivity contribution in [2.75, 3.05) is 5.75 Å². The maximum absolute atomic E-state index is 10.9. The molecule has 0 aromatic carbocycles. The van der Waals surface area contributed by atoms with Crippen LogP contribution in [0.4, 0.5) is 0 Å². The van der Waals surface area contributed by atoms with Crippen molar-refractivity contribution in [3.63, 3.8) is 0 Å². The highest BCUT2D eigenvalue weighted by atomic mass is 32.2. The summed E-state index contributed by atoms with van der Waals surface area (Å²) in [6.07, 6.45) is 5.49. The van der Waals surface area contributed by atoms with Crippen molar-refractivity contribution >= 4 is 23.0 Å². The molecule has 15 heavy (non-hydrogen) atoms. The maximum Gasteiger partial charge on any atom is 0.248 e. The summed E-state index contributed by atoms with van der Waals surface area (Å²) in [4.78, 5) is 24.2. The van der Waals surface area contributed by atoms with Crippen LogP contribution in [-0.2, 0) is 4.79 Å². The second-order valence-corrected chi connectivity index (χ2v) is 4.34. The zero-order valence-corrected chi connectivity index (χ0v) is 9.56. The van der Waals surface area contributed by atoms with Crippen LogP contribution in [0.25, 0.3) is 6.08 Å². The average molecular weight is 223 g/mol. The summed E-state index contributed by atoms with van der Waals surface area (Å²) in [5, 5.41) is 0.109. The number of pyridine rings is 1. The third kappa shape index (κ3) is 4.16. The largest absolute Gasteiger partial charge is 0.328 e. The normalized spacial score (nSPS) is 10.8. The first kappa shape index (κ1) is 11.8.